The number of benzene rings is 2. The Morgan fingerprint density at radius 1 is 1.11 bits per heavy atom. The molecule has 1 fully saturated rings. The van der Waals surface area contributed by atoms with Crippen LogP contribution in [0.15, 0.2) is 61.3 Å². The van der Waals surface area contributed by atoms with Crippen LogP contribution in [0.25, 0.3) is 0 Å². The third-order valence-corrected chi connectivity index (χ3v) is 5.32. The zero-order chi connectivity index (χ0) is 19.2. The third kappa shape index (κ3) is 4.24. The molecule has 2 aromatic rings. The molecule has 3 heteroatoms. The van der Waals surface area contributed by atoms with E-state index in [0.29, 0.717) is 25.5 Å². The van der Waals surface area contributed by atoms with Crippen LogP contribution in [-0.2, 0) is 11.2 Å². The highest BCUT2D eigenvalue weighted by atomic mass is 16.5. The Labute approximate surface area is 162 Å². The van der Waals surface area contributed by atoms with Crippen molar-refractivity contribution in [1.29, 1.82) is 0 Å². The summed E-state index contributed by atoms with van der Waals surface area (Å²) in [6.07, 6.45) is 3.75. The Morgan fingerprint density at radius 3 is 2.63 bits per heavy atom. The molecule has 0 radical (unpaired) electrons. The van der Waals surface area contributed by atoms with Crippen LogP contribution in [0.4, 0.5) is 0 Å². The van der Waals surface area contributed by atoms with Crippen LogP contribution in [0.1, 0.15) is 48.8 Å². The van der Waals surface area contributed by atoms with Gasteiger partial charge in [-0.15, -0.1) is 0 Å². The van der Waals surface area contributed by atoms with Gasteiger partial charge < -0.3 is 9.64 Å². The Balaban J connectivity index is 1.94. The first-order chi connectivity index (χ1) is 13.2. The van der Waals surface area contributed by atoms with E-state index in [4.69, 9.17) is 4.74 Å². The Hall–Kier alpha value is -2.55. The van der Waals surface area contributed by atoms with Crippen LogP contribution in [0.2, 0.25) is 0 Å². The maximum Gasteiger partial charge on any atom is 0.151 e. The molecule has 2 unspecified atom stereocenters. The van der Waals surface area contributed by atoms with Gasteiger partial charge in [0.25, 0.3) is 0 Å². The second kappa shape index (κ2) is 8.90. The number of Topliss-reactive ketones (excluding diaryl/α,β-unsaturated/α-hetero) is 1. The monoisotopic (exact) mass is 363 g/mol. The molecule has 142 valence electrons. The quantitative estimate of drug-likeness (QED) is 0.698. The summed E-state index contributed by atoms with van der Waals surface area (Å²) in [7, 11) is 0. The third-order valence-electron chi connectivity index (χ3n) is 5.32. The lowest BCUT2D eigenvalue weighted by molar-refractivity contribution is -0.124. The molecule has 0 bridgehead atoms. The topological polar surface area (TPSA) is 29.5 Å². The smallest absolute Gasteiger partial charge is 0.151 e. The lowest BCUT2D eigenvalue weighted by atomic mass is 9.78. The largest absolute Gasteiger partial charge is 0.494 e. The molecule has 0 N–H and O–H groups in total. The summed E-state index contributed by atoms with van der Waals surface area (Å²) in [6.45, 7) is 10.2. The lowest BCUT2D eigenvalue weighted by Gasteiger charge is -2.37. The zero-order valence-electron chi connectivity index (χ0n) is 16.4. The minimum absolute atomic E-state index is 0.127. The maximum atomic E-state index is 13.5. The van der Waals surface area contributed by atoms with Gasteiger partial charge in [0.05, 0.1) is 18.4 Å². The van der Waals surface area contributed by atoms with E-state index in [1.165, 1.54) is 5.56 Å². The Bertz CT molecular complexity index is 798. The fourth-order valence-corrected chi connectivity index (χ4v) is 3.87. The van der Waals surface area contributed by atoms with Crippen molar-refractivity contribution in [2.75, 3.05) is 19.7 Å². The van der Waals surface area contributed by atoms with Gasteiger partial charge in [-0.1, -0.05) is 56.8 Å². The number of aryl methyl sites for hydroxylation is 1. The van der Waals surface area contributed by atoms with Gasteiger partial charge in [0.1, 0.15) is 5.75 Å². The van der Waals surface area contributed by atoms with Crippen molar-refractivity contribution in [1.82, 2.24) is 4.90 Å². The van der Waals surface area contributed by atoms with Crippen LogP contribution in [0.3, 0.4) is 0 Å². The molecule has 1 heterocycles. The first kappa shape index (κ1) is 19.2. The van der Waals surface area contributed by atoms with E-state index in [0.717, 1.165) is 29.7 Å². The van der Waals surface area contributed by atoms with E-state index >= 15 is 0 Å². The number of likely N-dealkylation sites (tertiary alicyclic amines) is 1. The van der Waals surface area contributed by atoms with Crippen molar-refractivity contribution < 1.29 is 9.53 Å². The maximum absolute atomic E-state index is 13.5. The van der Waals surface area contributed by atoms with Crippen molar-refractivity contribution in [2.45, 2.75) is 38.5 Å². The standard InChI is InChI=1S/C24H29NO2/c1-4-14-27-20-12-9-11-19(15-20)22-16-25(6-3)17-23(24(22)26)21-13-8-7-10-18(21)5-2/h6-13,15,22-23H,3-5,14,16-17H2,1-2H3. The Kier molecular flexibility index (Phi) is 6.33. The number of piperidine rings is 1. The van der Waals surface area contributed by atoms with Gasteiger partial charge in [-0.2, -0.15) is 0 Å². The van der Waals surface area contributed by atoms with Crippen molar-refractivity contribution in [3.8, 4) is 5.75 Å². The molecule has 0 spiro atoms. The molecule has 0 saturated carbocycles. The predicted molar refractivity (Wildman–Crippen MR) is 110 cm³/mol. The molecule has 27 heavy (non-hydrogen) atoms. The van der Waals surface area contributed by atoms with E-state index in [-0.39, 0.29) is 11.8 Å². The number of ketones is 1. The van der Waals surface area contributed by atoms with Crippen molar-refractivity contribution >= 4 is 5.78 Å². The molecule has 0 amide bonds. The molecular formula is C24H29NO2. The average molecular weight is 364 g/mol. The van der Waals surface area contributed by atoms with Crippen LogP contribution in [0.5, 0.6) is 5.75 Å². The van der Waals surface area contributed by atoms with Crippen molar-refractivity contribution in [3.63, 3.8) is 0 Å². The summed E-state index contributed by atoms with van der Waals surface area (Å²) < 4.78 is 5.78. The molecule has 0 aliphatic carbocycles. The van der Waals surface area contributed by atoms with E-state index in [2.05, 4.69) is 37.5 Å². The highest BCUT2D eigenvalue weighted by Gasteiger charge is 2.36. The molecular weight excluding hydrogens is 334 g/mol. The lowest BCUT2D eigenvalue weighted by Crippen LogP contribution is -2.42. The molecule has 2 aromatic carbocycles. The van der Waals surface area contributed by atoms with Gasteiger partial charge in [0.2, 0.25) is 0 Å². The predicted octanol–water partition coefficient (Wildman–Crippen LogP) is 4.93. The molecule has 1 aliphatic heterocycles. The van der Waals surface area contributed by atoms with Gasteiger partial charge in [0, 0.05) is 13.1 Å². The fourth-order valence-electron chi connectivity index (χ4n) is 3.87. The number of carbonyl (C=O) groups is 1. The first-order valence-corrected chi connectivity index (χ1v) is 9.88. The number of hydrogen-bond acceptors (Lipinski definition) is 3. The van der Waals surface area contributed by atoms with Gasteiger partial charge >= 0.3 is 0 Å². The summed E-state index contributed by atoms with van der Waals surface area (Å²) in [5, 5.41) is 0. The van der Waals surface area contributed by atoms with E-state index in [9.17, 15) is 4.79 Å². The van der Waals surface area contributed by atoms with Gasteiger partial charge in [-0.05, 0) is 47.9 Å². The number of ether oxygens (including phenoxy) is 1. The molecule has 3 rings (SSSR count). The summed E-state index contributed by atoms with van der Waals surface area (Å²) in [4.78, 5) is 15.6. The Morgan fingerprint density at radius 2 is 1.89 bits per heavy atom. The average Bonchev–Trinajstić information content (AvgIpc) is 2.72. The van der Waals surface area contributed by atoms with Crippen molar-refractivity contribution in [2.24, 2.45) is 0 Å². The van der Waals surface area contributed by atoms with Crippen LogP contribution < -0.4 is 4.74 Å². The summed E-state index contributed by atoms with van der Waals surface area (Å²) >= 11 is 0. The summed E-state index contributed by atoms with van der Waals surface area (Å²) in [5.74, 6) is 0.833. The number of nitrogens with zero attached hydrogens (tertiary/aromatic N) is 1. The van der Waals surface area contributed by atoms with Crippen LogP contribution in [0, 0.1) is 0 Å². The first-order valence-electron chi connectivity index (χ1n) is 9.88. The van der Waals surface area contributed by atoms with Crippen LogP contribution in [-0.4, -0.2) is 30.4 Å². The molecule has 1 aliphatic rings. The van der Waals surface area contributed by atoms with Gasteiger partial charge in [-0.25, -0.2) is 0 Å². The zero-order valence-corrected chi connectivity index (χ0v) is 16.4. The number of carbonyl (C=O) groups excluding carboxylic acids is 1. The van der Waals surface area contributed by atoms with Gasteiger partial charge in [-0.3, -0.25) is 4.79 Å². The molecule has 1 saturated heterocycles. The summed E-state index contributed by atoms with van der Waals surface area (Å²) in [6, 6.07) is 16.3. The second-order valence-corrected chi connectivity index (χ2v) is 7.12. The molecule has 3 nitrogen and oxygen atoms in total. The molecule has 2 atom stereocenters. The van der Waals surface area contributed by atoms with E-state index in [1.54, 1.807) is 0 Å². The summed E-state index contributed by atoms with van der Waals surface area (Å²) in [5.41, 5.74) is 3.43. The second-order valence-electron chi connectivity index (χ2n) is 7.12. The number of hydrogen-bond donors (Lipinski definition) is 0. The minimum atomic E-state index is -0.170. The minimum Gasteiger partial charge on any atom is -0.494 e. The highest BCUT2D eigenvalue weighted by molar-refractivity contribution is 5.93. The van der Waals surface area contributed by atoms with Crippen LogP contribution >= 0.6 is 0 Å². The highest BCUT2D eigenvalue weighted by Crippen LogP contribution is 2.35. The normalized spacial score (nSPS) is 19.8. The molecule has 0 aromatic heterocycles. The number of rotatable bonds is 7. The van der Waals surface area contributed by atoms with Crippen molar-refractivity contribution in [3.05, 3.63) is 78.0 Å². The SMILES string of the molecule is C=CN1CC(c2cccc(OCCC)c2)C(=O)C(c2ccccc2CC)C1. The van der Waals surface area contributed by atoms with E-state index in [1.807, 2.05) is 42.6 Å². The van der Waals surface area contributed by atoms with Gasteiger partial charge in [0.15, 0.2) is 5.78 Å². The van der Waals surface area contributed by atoms with E-state index < -0.39 is 0 Å². The fraction of sp³-hybridized carbons (Fsp3) is 0.375.